The molecule has 0 aliphatic carbocycles. The SMILES string of the molecule is c1ccc(-c2cccc(-c3ccc4cc(-c5ccc6oc7c(ccc8c9ccccc9oc87)c6c5)ccc4c3)n2)nc1. The third-order valence-corrected chi connectivity index (χ3v) is 8.13. The van der Waals surface area contributed by atoms with Crippen molar-refractivity contribution in [3.05, 3.63) is 134 Å². The van der Waals surface area contributed by atoms with Crippen LogP contribution in [-0.4, -0.2) is 9.97 Å². The molecule has 0 amide bonds. The molecular formula is C38H22N2O2. The lowest BCUT2D eigenvalue weighted by Crippen LogP contribution is -1.90. The molecule has 0 aliphatic rings. The molecule has 9 aromatic rings. The molecule has 0 saturated heterocycles. The molecule has 9 rings (SSSR count). The highest BCUT2D eigenvalue weighted by atomic mass is 16.4. The topological polar surface area (TPSA) is 52.1 Å². The summed E-state index contributed by atoms with van der Waals surface area (Å²) in [5.41, 5.74) is 9.37. The first-order chi connectivity index (χ1) is 20.8. The van der Waals surface area contributed by atoms with Crippen molar-refractivity contribution in [2.24, 2.45) is 0 Å². The maximum atomic E-state index is 6.34. The third-order valence-electron chi connectivity index (χ3n) is 8.13. The molecule has 0 bridgehead atoms. The van der Waals surface area contributed by atoms with Crippen LogP contribution in [0.1, 0.15) is 0 Å². The van der Waals surface area contributed by atoms with Crippen molar-refractivity contribution >= 4 is 54.6 Å². The molecule has 4 nitrogen and oxygen atoms in total. The summed E-state index contributed by atoms with van der Waals surface area (Å²) in [5.74, 6) is 0. The van der Waals surface area contributed by atoms with Gasteiger partial charge in [0.1, 0.15) is 11.2 Å². The number of furan rings is 2. The molecule has 0 fully saturated rings. The van der Waals surface area contributed by atoms with E-state index in [2.05, 4.69) is 77.8 Å². The van der Waals surface area contributed by atoms with Crippen molar-refractivity contribution in [2.45, 2.75) is 0 Å². The van der Waals surface area contributed by atoms with Crippen molar-refractivity contribution in [1.29, 1.82) is 0 Å². The smallest absolute Gasteiger partial charge is 0.178 e. The van der Waals surface area contributed by atoms with E-state index in [9.17, 15) is 0 Å². The van der Waals surface area contributed by atoms with Crippen LogP contribution < -0.4 is 0 Å². The fourth-order valence-electron chi connectivity index (χ4n) is 6.03. The first-order valence-electron chi connectivity index (χ1n) is 14.0. The zero-order valence-corrected chi connectivity index (χ0v) is 22.4. The van der Waals surface area contributed by atoms with Crippen LogP contribution in [0.15, 0.2) is 142 Å². The van der Waals surface area contributed by atoms with Gasteiger partial charge in [0.15, 0.2) is 11.2 Å². The first kappa shape index (κ1) is 23.0. The van der Waals surface area contributed by atoms with Gasteiger partial charge >= 0.3 is 0 Å². The second-order valence-electron chi connectivity index (χ2n) is 10.6. The highest BCUT2D eigenvalue weighted by Gasteiger charge is 2.16. The number of hydrogen-bond acceptors (Lipinski definition) is 4. The number of para-hydroxylation sites is 1. The minimum absolute atomic E-state index is 0.794. The molecule has 196 valence electrons. The molecule has 0 saturated carbocycles. The lowest BCUT2D eigenvalue weighted by molar-refractivity contribution is 0.633. The average Bonchev–Trinajstić information content (AvgIpc) is 3.63. The lowest BCUT2D eigenvalue weighted by atomic mass is 9.98. The van der Waals surface area contributed by atoms with Gasteiger partial charge in [0.25, 0.3) is 0 Å². The summed E-state index contributed by atoms with van der Waals surface area (Å²) in [6.07, 6.45) is 1.80. The number of rotatable bonds is 3. The predicted molar refractivity (Wildman–Crippen MR) is 170 cm³/mol. The molecule has 0 spiro atoms. The number of benzene rings is 5. The Bertz CT molecular complexity index is 2470. The Morgan fingerprint density at radius 2 is 1.05 bits per heavy atom. The zero-order valence-electron chi connectivity index (χ0n) is 22.4. The highest BCUT2D eigenvalue weighted by Crippen LogP contribution is 2.40. The van der Waals surface area contributed by atoms with Crippen molar-refractivity contribution in [1.82, 2.24) is 9.97 Å². The summed E-state index contributed by atoms with van der Waals surface area (Å²) < 4.78 is 12.6. The van der Waals surface area contributed by atoms with E-state index < -0.39 is 0 Å². The molecule has 4 heteroatoms. The van der Waals surface area contributed by atoms with Crippen molar-refractivity contribution < 1.29 is 8.83 Å². The third kappa shape index (κ3) is 3.55. The van der Waals surface area contributed by atoms with E-state index in [1.807, 2.05) is 54.6 Å². The van der Waals surface area contributed by atoms with Gasteiger partial charge in [-0.1, -0.05) is 60.7 Å². The molecule has 0 aliphatic heterocycles. The minimum Gasteiger partial charge on any atom is -0.452 e. The van der Waals surface area contributed by atoms with Crippen LogP contribution in [0.5, 0.6) is 0 Å². The maximum Gasteiger partial charge on any atom is 0.178 e. The van der Waals surface area contributed by atoms with Gasteiger partial charge in [0.05, 0.1) is 17.1 Å². The molecular weight excluding hydrogens is 516 g/mol. The van der Waals surface area contributed by atoms with E-state index in [0.717, 1.165) is 77.6 Å². The van der Waals surface area contributed by atoms with Gasteiger partial charge in [-0.15, -0.1) is 0 Å². The number of nitrogens with zero attached hydrogens (tertiary/aromatic N) is 2. The maximum absolute atomic E-state index is 6.34. The van der Waals surface area contributed by atoms with Crippen LogP contribution in [-0.2, 0) is 0 Å². The standard InChI is InChI=1S/C38H22N2O2/c1-2-10-35-28(6-1)29-16-17-30-31-22-26(15-18-36(31)42-38(30)37(29)41-35)24-11-12-25-21-27(14-13-23(25)20-24)32-8-5-9-34(40-32)33-7-3-4-19-39-33/h1-22H. The summed E-state index contributed by atoms with van der Waals surface area (Å²) >= 11 is 0. The van der Waals surface area contributed by atoms with Gasteiger partial charge in [-0.05, 0) is 88.6 Å². The van der Waals surface area contributed by atoms with Crippen molar-refractivity contribution in [3.63, 3.8) is 0 Å². The van der Waals surface area contributed by atoms with Crippen LogP contribution >= 0.6 is 0 Å². The van der Waals surface area contributed by atoms with Crippen LogP contribution in [0.2, 0.25) is 0 Å². The summed E-state index contributed by atoms with van der Waals surface area (Å²) in [6, 6.07) is 43.9. The molecule has 0 atom stereocenters. The van der Waals surface area contributed by atoms with Crippen LogP contribution in [0.3, 0.4) is 0 Å². The Labute approximate surface area is 240 Å². The molecule has 5 aromatic carbocycles. The summed E-state index contributed by atoms with van der Waals surface area (Å²) in [6.45, 7) is 0. The van der Waals surface area contributed by atoms with Gasteiger partial charge in [-0.3, -0.25) is 4.98 Å². The van der Waals surface area contributed by atoms with E-state index >= 15 is 0 Å². The van der Waals surface area contributed by atoms with Crippen LogP contribution in [0.4, 0.5) is 0 Å². The van der Waals surface area contributed by atoms with Crippen molar-refractivity contribution in [2.75, 3.05) is 0 Å². The molecule has 0 unspecified atom stereocenters. The molecule has 4 heterocycles. The Kier molecular flexibility index (Phi) is 4.87. The Hall–Kier alpha value is -5.74. The van der Waals surface area contributed by atoms with Gasteiger partial charge in [-0.25, -0.2) is 4.98 Å². The second kappa shape index (κ2) is 8.88. The van der Waals surface area contributed by atoms with E-state index in [0.29, 0.717) is 0 Å². The first-order valence-corrected chi connectivity index (χ1v) is 14.0. The predicted octanol–water partition coefficient (Wildman–Crippen LogP) is 10.4. The Morgan fingerprint density at radius 3 is 1.88 bits per heavy atom. The van der Waals surface area contributed by atoms with Gasteiger partial charge < -0.3 is 8.83 Å². The fourth-order valence-corrected chi connectivity index (χ4v) is 6.03. The number of fused-ring (bicyclic) bond motifs is 8. The van der Waals surface area contributed by atoms with E-state index in [4.69, 9.17) is 13.8 Å². The fraction of sp³-hybridized carbons (Fsp3) is 0. The number of aromatic nitrogens is 2. The van der Waals surface area contributed by atoms with Gasteiger partial charge in [-0.2, -0.15) is 0 Å². The number of pyridine rings is 2. The zero-order chi connectivity index (χ0) is 27.6. The monoisotopic (exact) mass is 538 g/mol. The Balaban J connectivity index is 1.11. The highest BCUT2D eigenvalue weighted by molar-refractivity contribution is 6.19. The van der Waals surface area contributed by atoms with E-state index in [1.165, 1.54) is 10.8 Å². The molecule has 42 heavy (non-hydrogen) atoms. The summed E-state index contributed by atoms with van der Waals surface area (Å²) in [4.78, 5) is 9.34. The van der Waals surface area contributed by atoms with Crippen molar-refractivity contribution in [3.8, 4) is 33.8 Å². The molecule has 4 aromatic heterocycles. The summed E-state index contributed by atoms with van der Waals surface area (Å²) in [5, 5.41) is 6.67. The largest absolute Gasteiger partial charge is 0.452 e. The lowest BCUT2D eigenvalue weighted by Gasteiger charge is -2.08. The normalized spacial score (nSPS) is 11.8. The average molecular weight is 539 g/mol. The molecule has 0 radical (unpaired) electrons. The minimum atomic E-state index is 0.794. The van der Waals surface area contributed by atoms with Crippen LogP contribution in [0, 0.1) is 0 Å². The van der Waals surface area contributed by atoms with Gasteiger partial charge in [0, 0.05) is 33.3 Å². The van der Waals surface area contributed by atoms with E-state index in [-0.39, 0.29) is 0 Å². The van der Waals surface area contributed by atoms with E-state index in [1.54, 1.807) is 6.20 Å². The quantitative estimate of drug-likeness (QED) is 0.224. The second-order valence-corrected chi connectivity index (χ2v) is 10.6. The van der Waals surface area contributed by atoms with Gasteiger partial charge in [0.2, 0.25) is 0 Å². The Morgan fingerprint density at radius 1 is 0.405 bits per heavy atom. The number of hydrogen-bond donors (Lipinski definition) is 0. The summed E-state index contributed by atoms with van der Waals surface area (Å²) in [7, 11) is 0. The molecule has 0 N–H and O–H groups in total. The van der Waals surface area contributed by atoms with Crippen LogP contribution in [0.25, 0.3) is 88.4 Å².